The van der Waals surface area contributed by atoms with E-state index >= 15 is 0 Å². The topological polar surface area (TPSA) is 63.7 Å². The lowest BCUT2D eigenvalue weighted by atomic mass is 10.1. The van der Waals surface area contributed by atoms with Crippen LogP contribution < -0.4 is 0 Å². The fourth-order valence-electron chi connectivity index (χ4n) is 3.01. The maximum Gasteiger partial charge on any atom is 0.305 e. The first-order chi connectivity index (χ1) is 12.6. The summed E-state index contributed by atoms with van der Waals surface area (Å²) in [6.07, 6.45) is 6.97. The minimum atomic E-state index is -0.166. The lowest BCUT2D eigenvalue weighted by Crippen LogP contribution is -2.30. The van der Waals surface area contributed by atoms with Crippen LogP contribution in [0, 0.1) is 0 Å². The molecule has 0 N–H and O–H groups in total. The van der Waals surface area contributed by atoms with Gasteiger partial charge in [0.05, 0.1) is 13.0 Å². The Bertz CT molecular complexity index is 651. The van der Waals surface area contributed by atoms with Crippen molar-refractivity contribution >= 4 is 23.9 Å². The second kappa shape index (κ2) is 10.5. The molecule has 1 aliphatic rings. The minimum Gasteiger partial charge on any atom is -0.466 e. The molecular formula is C21H27NO4. The van der Waals surface area contributed by atoms with Crippen molar-refractivity contribution in [3.63, 3.8) is 0 Å². The third-order valence-electron chi connectivity index (χ3n) is 4.37. The van der Waals surface area contributed by atoms with E-state index in [9.17, 15) is 14.4 Å². The van der Waals surface area contributed by atoms with Crippen molar-refractivity contribution in [2.24, 2.45) is 0 Å². The third kappa shape index (κ3) is 6.14. The second-order valence-electron chi connectivity index (χ2n) is 6.43. The van der Waals surface area contributed by atoms with E-state index in [2.05, 4.69) is 0 Å². The Labute approximate surface area is 155 Å². The van der Waals surface area contributed by atoms with Gasteiger partial charge in [-0.15, -0.1) is 0 Å². The van der Waals surface area contributed by atoms with Crippen LogP contribution in [0.15, 0.2) is 35.9 Å². The SMILES string of the molecule is CCOC(=O)CCCCCCCN1C(=O)CC(=Cc2ccccc2)C1=O. The van der Waals surface area contributed by atoms with Gasteiger partial charge < -0.3 is 4.74 Å². The number of likely N-dealkylation sites (tertiary alicyclic amines) is 1. The van der Waals surface area contributed by atoms with E-state index in [1.54, 1.807) is 13.0 Å². The Morgan fingerprint density at radius 3 is 2.50 bits per heavy atom. The molecule has 0 atom stereocenters. The molecule has 1 fully saturated rings. The van der Waals surface area contributed by atoms with Gasteiger partial charge in [0.2, 0.25) is 5.91 Å². The quantitative estimate of drug-likeness (QED) is 0.277. The number of amides is 2. The van der Waals surface area contributed by atoms with Crippen molar-refractivity contribution in [3.05, 3.63) is 41.5 Å². The van der Waals surface area contributed by atoms with Gasteiger partial charge in [-0.05, 0) is 31.4 Å². The van der Waals surface area contributed by atoms with Crippen molar-refractivity contribution < 1.29 is 19.1 Å². The Hall–Kier alpha value is -2.43. The number of ether oxygens (including phenoxy) is 1. The summed E-state index contributed by atoms with van der Waals surface area (Å²) in [5, 5.41) is 0. The Balaban J connectivity index is 1.68. The molecule has 0 saturated carbocycles. The first-order valence-corrected chi connectivity index (χ1v) is 9.37. The highest BCUT2D eigenvalue weighted by atomic mass is 16.5. The molecule has 26 heavy (non-hydrogen) atoms. The normalized spacial score (nSPS) is 15.7. The van der Waals surface area contributed by atoms with Crippen molar-refractivity contribution in [2.75, 3.05) is 13.2 Å². The van der Waals surface area contributed by atoms with Crippen LogP contribution in [-0.2, 0) is 19.1 Å². The number of carbonyl (C=O) groups is 3. The molecule has 0 bridgehead atoms. The van der Waals surface area contributed by atoms with Crippen molar-refractivity contribution in [3.8, 4) is 0 Å². The number of imide groups is 1. The van der Waals surface area contributed by atoms with Gasteiger partial charge >= 0.3 is 5.97 Å². The first-order valence-electron chi connectivity index (χ1n) is 9.37. The molecular weight excluding hydrogens is 330 g/mol. The lowest BCUT2D eigenvalue weighted by Gasteiger charge is -2.13. The summed E-state index contributed by atoms with van der Waals surface area (Å²) in [4.78, 5) is 37.1. The molecule has 0 aliphatic carbocycles. The van der Waals surface area contributed by atoms with Gasteiger partial charge in [0.25, 0.3) is 5.91 Å². The van der Waals surface area contributed by atoms with Crippen molar-refractivity contribution in [1.82, 2.24) is 4.90 Å². The molecule has 0 spiro atoms. The molecule has 1 aliphatic heterocycles. The molecule has 1 heterocycles. The zero-order chi connectivity index (χ0) is 18.8. The number of benzene rings is 1. The van der Waals surface area contributed by atoms with E-state index in [1.165, 1.54) is 4.90 Å². The maximum atomic E-state index is 12.4. The monoisotopic (exact) mass is 357 g/mol. The van der Waals surface area contributed by atoms with Gasteiger partial charge in [0.1, 0.15) is 0 Å². The van der Waals surface area contributed by atoms with Gasteiger partial charge in [-0.2, -0.15) is 0 Å². The highest BCUT2D eigenvalue weighted by Crippen LogP contribution is 2.22. The number of hydrogen-bond acceptors (Lipinski definition) is 4. The summed E-state index contributed by atoms with van der Waals surface area (Å²) in [5.74, 6) is -0.417. The molecule has 2 amide bonds. The summed E-state index contributed by atoms with van der Waals surface area (Å²) in [6.45, 7) is 2.71. The van der Waals surface area contributed by atoms with Gasteiger partial charge in [0.15, 0.2) is 0 Å². The first kappa shape index (κ1) is 19.9. The Morgan fingerprint density at radius 2 is 1.77 bits per heavy atom. The zero-order valence-electron chi connectivity index (χ0n) is 15.4. The molecule has 1 saturated heterocycles. The molecule has 0 radical (unpaired) electrons. The average molecular weight is 357 g/mol. The molecule has 5 nitrogen and oxygen atoms in total. The Kier molecular flexibility index (Phi) is 8.06. The number of rotatable bonds is 10. The number of hydrogen-bond donors (Lipinski definition) is 0. The molecule has 1 aromatic carbocycles. The van der Waals surface area contributed by atoms with Crippen molar-refractivity contribution in [2.45, 2.75) is 51.9 Å². The Morgan fingerprint density at radius 1 is 1.08 bits per heavy atom. The largest absolute Gasteiger partial charge is 0.466 e. The summed E-state index contributed by atoms with van der Waals surface area (Å²) < 4.78 is 4.89. The van der Waals surface area contributed by atoms with Crippen LogP contribution in [0.2, 0.25) is 0 Å². The average Bonchev–Trinajstić information content (AvgIpc) is 2.89. The standard InChI is InChI=1S/C21H27NO4/c1-2-26-20(24)13-9-4-3-5-10-14-22-19(23)16-18(21(22)25)15-17-11-7-6-8-12-17/h6-8,11-12,15H,2-5,9-10,13-14,16H2,1H3. The smallest absolute Gasteiger partial charge is 0.305 e. The number of esters is 1. The summed E-state index contributed by atoms with van der Waals surface area (Å²) >= 11 is 0. The van der Waals surface area contributed by atoms with Gasteiger partial charge in [-0.3, -0.25) is 19.3 Å². The van der Waals surface area contributed by atoms with Crippen LogP contribution in [0.5, 0.6) is 0 Å². The van der Waals surface area contributed by atoms with E-state index in [0.29, 0.717) is 25.1 Å². The highest BCUT2D eigenvalue weighted by Gasteiger charge is 2.32. The number of nitrogens with zero attached hydrogens (tertiary/aromatic N) is 1. The molecule has 1 aromatic rings. The number of unbranched alkanes of at least 4 members (excludes halogenated alkanes) is 4. The van der Waals surface area contributed by atoms with E-state index in [1.807, 2.05) is 30.3 Å². The molecule has 2 rings (SSSR count). The lowest BCUT2D eigenvalue weighted by molar-refractivity contribution is -0.143. The van der Waals surface area contributed by atoms with E-state index in [-0.39, 0.29) is 24.2 Å². The zero-order valence-corrected chi connectivity index (χ0v) is 15.4. The van der Waals surface area contributed by atoms with Crippen LogP contribution in [-0.4, -0.2) is 35.8 Å². The van der Waals surface area contributed by atoms with Crippen LogP contribution in [0.4, 0.5) is 0 Å². The van der Waals surface area contributed by atoms with Crippen LogP contribution >= 0.6 is 0 Å². The maximum absolute atomic E-state index is 12.4. The molecule has 5 heteroatoms. The summed E-state index contributed by atoms with van der Waals surface area (Å²) in [7, 11) is 0. The second-order valence-corrected chi connectivity index (χ2v) is 6.43. The highest BCUT2D eigenvalue weighted by molar-refractivity contribution is 6.15. The van der Waals surface area contributed by atoms with Gasteiger partial charge in [0, 0.05) is 18.5 Å². The molecule has 0 aromatic heterocycles. The van der Waals surface area contributed by atoms with E-state index in [4.69, 9.17) is 4.74 Å². The predicted molar refractivity (Wildman–Crippen MR) is 100 cm³/mol. The van der Waals surface area contributed by atoms with Crippen LogP contribution in [0.25, 0.3) is 6.08 Å². The number of carbonyl (C=O) groups excluding carboxylic acids is 3. The summed E-state index contributed by atoms with van der Waals surface area (Å²) in [6, 6.07) is 9.58. The molecule has 0 unspecified atom stereocenters. The van der Waals surface area contributed by atoms with Gasteiger partial charge in [-0.25, -0.2) is 0 Å². The summed E-state index contributed by atoms with van der Waals surface area (Å²) in [5.41, 5.74) is 1.50. The van der Waals surface area contributed by atoms with Crippen LogP contribution in [0.1, 0.15) is 57.4 Å². The fraction of sp³-hybridized carbons (Fsp3) is 0.476. The van der Waals surface area contributed by atoms with Crippen molar-refractivity contribution in [1.29, 1.82) is 0 Å². The van der Waals surface area contributed by atoms with E-state index < -0.39 is 0 Å². The van der Waals surface area contributed by atoms with Crippen LogP contribution in [0.3, 0.4) is 0 Å². The van der Waals surface area contributed by atoms with Gasteiger partial charge in [-0.1, -0.05) is 49.6 Å². The van der Waals surface area contributed by atoms with E-state index in [0.717, 1.165) is 37.7 Å². The molecule has 140 valence electrons. The minimum absolute atomic E-state index is 0.112. The fourth-order valence-corrected chi connectivity index (χ4v) is 3.01. The third-order valence-corrected chi connectivity index (χ3v) is 4.37. The predicted octanol–water partition coefficient (Wildman–Crippen LogP) is 3.73.